The van der Waals surface area contributed by atoms with Crippen LogP contribution in [0.2, 0.25) is 0 Å². The molecule has 0 aliphatic rings. The van der Waals surface area contributed by atoms with Crippen LogP contribution in [0.4, 0.5) is 0 Å². The van der Waals surface area contributed by atoms with Crippen LogP contribution >= 0.6 is 0 Å². The maximum Gasteiger partial charge on any atom is 0.337 e. The van der Waals surface area contributed by atoms with Gasteiger partial charge in [-0.25, -0.2) is 14.4 Å². The third-order valence-corrected chi connectivity index (χ3v) is 2.29. The van der Waals surface area contributed by atoms with E-state index in [9.17, 15) is 24.0 Å². The Bertz CT molecular complexity index is 684. The maximum absolute atomic E-state index is 10.7. The van der Waals surface area contributed by atoms with Gasteiger partial charge in [0.25, 0.3) is 5.97 Å². The number of carboxylic acid groups (broad SMARTS) is 6. The van der Waals surface area contributed by atoms with Gasteiger partial charge in [-0.2, -0.15) is 0 Å². The Hall–Kier alpha value is -3.96. The van der Waals surface area contributed by atoms with Gasteiger partial charge in [0.15, 0.2) is 0 Å². The number of benzene rings is 1. The summed E-state index contributed by atoms with van der Waals surface area (Å²) < 4.78 is 0. The fraction of sp³-hybridized carbons (Fsp3) is 0.200. The zero-order valence-corrected chi connectivity index (χ0v) is 13.8. The van der Waals surface area contributed by atoms with Gasteiger partial charge >= 0.3 is 29.8 Å². The van der Waals surface area contributed by atoms with E-state index in [-0.39, 0.29) is 12.8 Å². The lowest BCUT2D eigenvalue weighted by molar-refractivity contribution is -0.143. The van der Waals surface area contributed by atoms with Gasteiger partial charge in [-0.1, -0.05) is 6.07 Å². The monoisotopic (exact) mass is 388 g/mol. The van der Waals surface area contributed by atoms with Crippen molar-refractivity contribution in [2.75, 3.05) is 0 Å². The molecule has 0 aliphatic carbocycles. The second-order valence-corrected chi connectivity index (χ2v) is 4.45. The topological polar surface area (TPSA) is 224 Å². The first-order valence-electron chi connectivity index (χ1n) is 6.77. The summed E-state index contributed by atoms with van der Waals surface area (Å²) in [7, 11) is 0. The summed E-state index contributed by atoms with van der Waals surface area (Å²) in [6.45, 7) is 1.08. The van der Waals surface area contributed by atoms with Crippen LogP contribution in [-0.2, 0) is 14.4 Å². The quantitative estimate of drug-likeness (QED) is 0.398. The SMILES string of the molecule is CC(=O)O.O=C(O)CCC(=O)O.O=C(O)c1cccc(C(=O)O)c1C(=O)O. The molecule has 27 heavy (non-hydrogen) atoms. The minimum absolute atomic E-state index is 0.296. The maximum atomic E-state index is 10.7. The van der Waals surface area contributed by atoms with E-state index >= 15 is 0 Å². The zero-order valence-electron chi connectivity index (χ0n) is 13.8. The highest BCUT2D eigenvalue weighted by molar-refractivity contribution is 6.09. The predicted molar refractivity (Wildman–Crippen MR) is 85.1 cm³/mol. The van der Waals surface area contributed by atoms with Gasteiger partial charge in [-0.05, 0) is 12.1 Å². The summed E-state index contributed by atoms with van der Waals surface area (Å²) in [6.07, 6.45) is -0.593. The zero-order chi connectivity index (χ0) is 21.7. The molecule has 0 spiro atoms. The Kier molecular flexibility index (Phi) is 11.6. The predicted octanol–water partition coefficient (Wildman–Crippen LogP) is 0.808. The third-order valence-electron chi connectivity index (χ3n) is 2.29. The van der Waals surface area contributed by atoms with Gasteiger partial charge in [0, 0.05) is 6.92 Å². The molecule has 0 radical (unpaired) electrons. The summed E-state index contributed by atoms with van der Waals surface area (Å²) in [5.74, 6) is -7.52. The highest BCUT2D eigenvalue weighted by atomic mass is 16.4. The lowest BCUT2D eigenvalue weighted by Crippen LogP contribution is -2.14. The molecule has 12 heteroatoms. The highest BCUT2D eigenvalue weighted by Crippen LogP contribution is 2.15. The fourth-order valence-corrected chi connectivity index (χ4v) is 1.35. The minimum atomic E-state index is -1.58. The van der Waals surface area contributed by atoms with Crippen molar-refractivity contribution in [1.82, 2.24) is 0 Å². The molecule has 0 fully saturated rings. The van der Waals surface area contributed by atoms with Gasteiger partial charge in [0.05, 0.1) is 29.5 Å². The van der Waals surface area contributed by atoms with Crippen LogP contribution in [-0.4, -0.2) is 66.5 Å². The van der Waals surface area contributed by atoms with E-state index in [0.717, 1.165) is 19.1 Å². The van der Waals surface area contributed by atoms with Crippen molar-refractivity contribution in [3.05, 3.63) is 34.9 Å². The number of aromatic carboxylic acids is 3. The van der Waals surface area contributed by atoms with Crippen LogP contribution in [0.15, 0.2) is 18.2 Å². The molecule has 0 amide bonds. The van der Waals surface area contributed by atoms with Crippen LogP contribution in [0.3, 0.4) is 0 Å². The van der Waals surface area contributed by atoms with Crippen LogP contribution in [0, 0.1) is 0 Å². The summed E-state index contributed by atoms with van der Waals surface area (Å²) in [5, 5.41) is 49.3. The van der Waals surface area contributed by atoms with E-state index < -0.39 is 52.5 Å². The highest BCUT2D eigenvalue weighted by Gasteiger charge is 2.22. The first kappa shape index (κ1) is 25.3. The number of aliphatic carboxylic acids is 3. The molecule has 0 bridgehead atoms. The summed E-state index contributed by atoms with van der Waals surface area (Å²) in [4.78, 5) is 60.3. The molecule has 1 rings (SSSR count). The molecule has 12 nitrogen and oxygen atoms in total. The summed E-state index contributed by atoms with van der Waals surface area (Å²) in [6, 6.07) is 3.26. The molecular formula is C15H16O12. The molecule has 0 aliphatic heterocycles. The van der Waals surface area contributed by atoms with Crippen LogP contribution in [0.1, 0.15) is 50.8 Å². The number of hydrogen-bond acceptors (Lipinski definition) is 6. The van der Waals surface area contributed by atoms with Crippen LogP contribution in [0.25, 0.3) is 0 Å². The molecule has 1 aromatic rings. The van der Waals surface area contributed by atoms with E-state index in [1.807, 2.05) is 0 Å². The molecule has 0 saturated carbocycles. The van der Waals surface area contributed by atoms with Gasteiger partial charge < -0.3 is 30.6 Å². The third kappa shape index (κ3) is 12.1. The number of carboxylic acids is 6. The van der Waals surface area contributed by atoms with E-state index in [1.54, 1.807) is 0 Å². The molecule has 148 valence electrons. The van der Waals surface area contributed by atoms with E-state index in [4.69, 9.17) is 35.4 Å². The molecule has 0 unspecified atom stereocenters. The van der Waals surface area contributed by atoms with Crippen LogP contribution in [0.5, 0.6) is 0 Å². The number of carbonyl (C=O) groups is 6. The Morgan fingerprint density at radius 3 is 1.15 bits per heavy atom. The molecule has 0 saturated heterocycles. The lowest BCUT2D eigenvalue weighted by Gasteiger charge is -2.04. The van der Waals surface area contributed by atoms with Gasteiger partial charge in [-0.3, -0.25) is 14.4 Å². The van der Waals surface area contributed by atoms with Crippen molar-refractivity contribution in [3.63, 3.8) is 0 Å². The normalized spacial score (nSPS) is 8.78. The molecule has 1 aromatic carbocycles. The van der Waals surface area contributed by atoms with Crippen LogP contribution < -0.4 is 0 Å². The molecule has 0 atom stereocenters. The first-order valence-corrected chi connectivity index (χ1v) is 6.77. The van der Waals surface area contributed by atoms with E-state index in [1.165, 1.54) is 6.07 Å². The van der Waals surface area contributed by atoms with Gasteiger partial charge in [0.1, 0.15) is 0 Å². The number of rotatable bonds is 6. The lowest BCUT2D eigenvalue weighted by atomic mass is 10.0. The largest absolute Gasteiger partial charge is 0.481 e. The van der Waals surface area contributed by atoms with Crippen molar-refractivity contribution in [2.24, 2.45) is 0 Å². The van der Waals surface area contributed by atoms with Gasteiger partial charge in [0.2, 0.25) is 0 Å². The second-order valence-electron chi connectivity index (χ2n) is 4.45. The Balaban J connectivity index is 0. The average Bonchev–Trinajstić information content (AvgIpc) is 2.52. The molecular weight excluding hydrogens is 372 g/mol. The Labute approximate surface area is 150 Å². The smallest absolute Gasteiger partial charge is 0.337 e. The minimum Gasteiger partial charge on any atom is -0.481 e. The molecule has 6 N–H and O–H groups in total. The number of hydrogen-bond donors (Lipinski definition) is 6. The summed E-state index contributed by atoms with van der Waals surface area (Å²) >= 11 is 0. The van der Waals surface area contributed by atoms with E-state index in [0.29, 0.717) is 0 Å². The average molecular weight is 388 g/mol. The standard InChI is InChI=1S/C9H6O6.C4H6O4.C2H4O2/c10-7(11)4-2-1-3-5(8(12)13)6(4)9(14)15;5-3(6)1-2-4(7)8;1-2(3)4/h1-3H,(H,10,11)(H,12,13)(H,14,15);1-2H2,(H,5,6)(H,7,8);1H3,(H,3,4). The van der Waals surface area contributed by atoms with Crippen molar-refractivity contribution < 1.29 is 59.4 Å². The Morgan fingerprint density at radius 2 is 0.963 bits per heavy atom. The summed E-state index contributed by atoms with van der Waals surface area (Å²) in [5.41, 5.74) is -1.79. The van der Waals surface area contributed by atoms with Crippen molar-refractivity contribution in [1.29, 1.82) is 0 Å². The molecule has 0 heterocycles. The van der Waals surface area contributed by atoms with Crippen molar-refractivity contribution in [3.8, 4) is 0 Å². The van der Waals surface area contributed by atoms with Crippen molar-refractivity contribution in [2.45, 2.75) is 19.8 Å². The second kappa shape index (κ2) is 12.4. The van der Waals surface area contributed by atoms with Crippen molar-refractivity contribution >= 4 is 35.8 Å². The first-order chi connectivity index (χ1) is 12.3. The molecule has 0 aromatic heterocycles. The fourth-order valence-electron chi connectivity index (χ4n) is 1.35. The van der Waals surface area contributed by atoms with Gasteiger partial charge in [-0.15, -0.1) is 0 Å². The Morgan fingerprint density at radius 1 is 0.667 bits per heavy atom. The van der Waals surface area contributed by atoms with E-state index in [2.05, 4.69) is 0 Å².